The quantitative estimate of drug-likeness (QED) is 0.463. The molecule has 0 spiro atoms. The van der Waals surface area contributed by atoms with Gasteiger partial charge < -0.3 is 20.4 Å². The molecule has 2 fully saturated rings. The number of nitrogens with zero attached hydrogens (tertiary/aromatic N) is 1. The molecule has 9 heteroatoms. The van der Waals surface area contributed by atoms with Crippen molar-refractivity contribution in [3.05, 3.63) is 68.0 Å². The number of carbonyl (C=O) groups is 1. The van der Waals surface area contributed by atoms with Crippen molar-refractivity contribution in [3.63, 3.8) is 0 Å². The summed E-state index contributed by atoms with van der Waals surface area (Å²) < 4.78 is 43.6. The third-order valence-electron chi connectivity index (χ3n) is 6.48. The summed E-state index contributed by atoms with van der Waals surface area (Å²) in [4.78, 5) is 14.4. The summed E-state index contributed by atoms with van der Waals surface area (Å²) in [6.45, 7) is 0.422. The van der Waals surface area contributed by atoms with Crippen molar-refractivity contribution in [2.45, 2.75) is 49.9 Å². The van der Waals surface area contributed by atoms with Gasteiger partial charge in [0.1, 0.15) is 11.4 Å². The molecule has 2 aliphatic rings. The van der Waals surface area contributed by atoms with E-state index in [1.807, 2.05) is 22.6 Å². The second kappa shape index (κ2) is 9.89. The highest BCUT2D eigenvalue weighted by Crippen LogP contribution is 2.28. The Kier molecular flexibility index (Phi) is 7.32. The van der Waals surface area contributed by atoms with E-state index in [0.29, 0.717) is 10.1 Å². The van der Waals surface area contributed by atoms with Crippen LogP contribution < -0.4 is 5.32 Å². The lowest BCUT2D eigenvalue weighted by molar-refractivity contribution is -0.0806. The smallest absolute Gasteiger partial charge is 0.254 e. The molecule has 0 bridgehead atoms. The highest BCUT2D eigenvalue weighted by molar-refractivity contribution is 14.1. The number of benzene rings is 2. The standard InChI is InChI=1S/C24H26F3IN2O3/c25-20-8-7-18(19(22(20)27)9-14-1-2-15(28)10-21(14)26)23(32)30-12-24(33,13-30)11-29-16-3-5-17(31)6-4-16/h1-2,7-8,10,16-17,29,31,33H,3-6,9,11-13H2. The molecular weight excluding hydrogens is 548 g/mol. The number of hydrogen-bond donors (Lipinski definition) is 3. The second-order valence-corrected chi connectivity index (χ2v) is 10.3. The molecule has 5 nitrogen and oxygen atoms in total. The molecular formula is C24H26F3IN2O3. The maximum Gasteiger partial charge on any atom is 0.254 e. The number of rotatable bonds is 6. The Morgan fingerprint density at radius 1 is 1.09 bits per heavy atom. The summed E-state index contributed by atoms with van der Waals surface area (Å²) in [7, 11) is 0. The van der Waals surface area contributed by atoms with Crippen molar-refractivity contribution >= 4 is 28.5 Å². The number of hydrogen-bond acceptors (Lipinski definition) is 4. The van der Waals surface area contributed by atoms with Crippen molar-refractivity contribution in [1.82, 2.24) is 10.2 Å². The van der Waals surface area contributed by atoms with E-state index in [2.05, 4.69) is 5.32 Å². The molecule has 4 rings (SSSR count). The maximum absolute atomic E-state index is 14.7. The van der Waals surface area contributed by atoms with Crippen LogP contribution in [-0.4, -0.2) is 58.4 Å². The van der Waals surface area contributed by atoms with Crippen LogP contribution in [0.1, 0.15) is 47.2 Å². The molecule has 3 N–H and O–H groups in total. The number of carbonyl (C=O) groups excluding carboxylic acids is 1. The third-order valence-corrected chi connectivity index (χ3v) is 7.15. The average molecular weight is 574 g/mol. The fraction of sp³-hybridized carbons (Fsp3) is 0.458. The number of β-amino-alcohol motifs (C(OH)–C–C–N with tert-alkyl or cyclic N) is 1. The van der Waals surface area contributed by atoms with Gasteiger partial charge in [-0.05, 0) is 78.1 Å². The second-order valence-electron chi connectivity index (χ2n) is 9.07. The van der Waals surface area contributed by atoms with Gasteiger partial charge in [0.2, 0.25) is 0 Å². The van der Waals surface area contributed by atoms with Gasteiger partial charge in [-0.2, -0.15) is 0 Å². The molecule has 0 radical (unpaired) electrons. The minimum absolute atomic E-state index is 0.0388. The molecule has 33 heavy (non-hydrogen) atoms. The number of likely N-dealkylation sites (tertiary alicyclic amines) is 1. The van der Waals surface area contributed by atoms with Gasteiger partial charge in [-0.25, -0.2) is 13.2 Å². The minimum atomic E-state index is -1.17. The fourth-order valence-corrected chi connectivity index (χ4v) is 4.98. The first-order valence-corrected chi connectivity index (χ1v) is 12.1. The molecule has 178 valence electrons. The molecule has 0 atom stereocenters. The van der Waals surface area contributed by atoms with E-state index in [1.165, 1.54) is 23.1 Å². The fourth-order valence-electron chi connectivity index (χ4n) is 4.53. The number of halogens is 4. The average Bonchev–Trinajstić information content (AvgIpc) is 2.76. The molecule has 1 aliphatic carbocycles. The summed E-state index contributed by atoms with van der Waals surface area (Å²) in [6, 6.07) is 6.76. The summed E-state index contributed by atoms with van der Waals surface area (Å²) >= 11 is 1.95. The van der Waals surface area contributed by atoms with Crippen molar-refractivity contribution in [2.24, 2.45) is 0 Å². The van der Waals surface area contributed by atoms with Crippen LogP contribution in [0.25, 0.3) is 0 Å². The molecule has 0 unspecified atom stereocenters. The van der Waals surface area contributed by atoms with Crippen LogP contribution in [0.2, 0.25) is 0 Å². The van der Waals surface area contributed by atoms with Gasteiger partial charge in [0, 0.05) is 33.7 Å². The lowest BCUT2D eigenvalue weighted by Gasteiger charge is -2.47. The molecule has 1 saturated carbocycles. The van der Waals surface area contributed by atoms with Crippen LogP contribution in [0.5, 0.6) is 0 Å². The normalized spacial score (nSPS) is 22.2. The van der Waals surface area contributed by atoms with Gasteiger partial charge in [-0.3, -0.25) is 4.79 Å². The van der Waals surface area contributed by atoms with Crippen molar-refractivity contribution in [2.75, 3.05) is 19.6 Å². The van der Waals surface area contributed by atoms with Crippen LogP contribution in [0.4, 0.5) is 13.2 Å². The summed E-state index contributed by atoms with van der Waals surface area (Å²) in [5, 5.41) is 23.6. The lowest BCUT2D eigenvalue weighted by Crippen LogP contribution is -2.68. The first-order chi connectivity index (χ1) is 15.6. The predicted molar refractivity (Wildman–Crippen MR) is 125 cm³/mol. The Bertz CT molecular complexity index is 1040. The van der Waals surface area contributed by atoms with E-state index in [9.17, 15) is 28.2 Å². The number of aliphatic hydroxyl groups excluding tert-OH is 1. The van der Waals surface area contributed by atoms with E-state index in [0.717, 1.165) is 31.7 Å². The number of aliphatic hydroxyl groups is 2. The topological polar surface area (TPSA) is 72.8 Å². The Balaban J connectivity index is 1.44. The molecule has 1 amide bonds. The molecule has 1 saturated heterocycles. The highest BCUT2D eigenvalue weighted by Gasteiger charge is 2.44. The molecule has 0 aromatic heterocycles. The Labute approximate surface area is 204 Å². The zero-order chi connectivity index (χ0) is 23.8. The van der Waals surface area contributed by atoms with Crippen LogP contribution >= 0.6 is 22.6 Å². The highest BCUT2D eigenvalue weighted by atomic mass is 127. The van der Waals surface area contributed by atoms with Crippen LogP contribution in [0.3, 0.4) is 0 Å². The first kappa shape index (κ1) is 24.4. The van der Waals surface area contributed by atoms with Crippen molar-refractivity contribution in [3.8, 4) is 0 Å². The molecule has 1 heterocycles. The predicted octanol–water partition coefficient (Wildman–Crippen LogP) is 3.38. The SMILES string of the molecule is O=C(c1ccc(F)c(F)c1Cc1ccc(I)cc1F)N1CC(O)(CNC2CCC(O)CC2)C1. The van der Waals surface area contributed by atoms with Crippen LogP contribution in [0.15, 0.2) is 30.3 Å². The van der Waals surface area contributed by atoms with Gasteiger partial charge in [0.05, 0.1) is 19.2 Å². The van der Waals surface area contributed by atoms with Gasteiger partial charge in [-0.15, -0.1) is 0 Å². The Morgan fingerprint density at radius 2 is 1.79 bits per heavy atom. The minimum Gasteiger partial charge on any atom is -0.393 e. The first-order valence-electron chi connectivity index (χ1n) is 11.0. The van der Waals surface area contributed by atoms with E-state index in [1.54, 1.807) is 6.07 Å². The Hall–Kier alpha value is -1.69. The lowest BCUT2D eigenvalue weighted by atomic mass is 9.89. The van der Waals surface area contributed by atoms with Crippen LogP contribution in [-0.2, 0) is 6.42 Å². The van der Waals surface area contributed by atoms with Crippen molar-refractivity contribution < 1.29 is 28.2 Å². The summed E-state index contributed by atoms with van der Waals surface area (Å²) in [6.07, 6.45) is 2.57. The van der Waals surface area contributed by atoms with Crippen LogP contribution in [0, 0.1) is 21.0 Å². The molecule has 2 aromatic carbocycles. The molecule has 2 aromatic rings. The summed E-state index contributed by atoms with van der Waals surface area (Å²) in [5.74, 6) is -3.35. The van der Waals surface area contributed by atoms with Crippen molar-refractivity contribution in [1.29, 1.82) is 0 Å². The van der Waals surface area contributed by atoms with E-state index >= 15 is 0 Å². The molecule has 1 aliphatic heterocycles. The third kappa shape index (κ3) is 5.52. The van der Waals surface area contributed by atoms with E-state index < -0.39 is 29.0 Å². The maximum atomic E-state index is 14.7. The van der Waals surface area contributed by atoms with E-state index in [-0.39, 0.29) is 48.3 Å². The number of nitrogens with one attached hydrogen (secondary N) is 1. The van der Waals surface area contributed by atoms with Gasteiger partial charge in [0.25, 0.3) is 5.91 Å². The van der Waals surface area contributed by atoms with Gasteiger partial charge in [0.15, 0.2) is 11.6 Å². The van der Waals surface area contributed by atoms with E-state index in [4.69, 9.17) is 0 Å². The monoisotopic (exact) mass is 574 g/mol. The van der Waals surface area contributed by atoms with Gasteiger partial charge >= 0.3 is 0 Å². The zero-order valence-corrected chi connectivity index (χ0v) is 20.1. The largest absolute Gasteiger partial charge is 0.393 e. The van der Waals surface area contributed by atoms with Gasteiger partial charge in [-0.1, -0.05) is 6.07 Å². The number of amides is 1. The Morgan fingerprint density at radius 3 is 2.45 bits per heavy atom. The summed E-state index contributed by atoms with van der Waals surface area (Å²) in [5.41, 5.74) is -1.18. The zero-order valence-electron chi connectivity index (χ0n) is 18.0.